The van der Waals surface area contributed by atoms with Crippen LogP contribution in [-0.4, -0.2) is 57.2 Å². The van der Waals surface area contributed by atoms with Crippen LogP contribution in [0.25, 0.3) is 0 Å². The van der Waals surface area contributed by atoms with E-state index in [0.29, 0.717) is 13.1 Å². The van der Waals surface area contributed by atoms with Crippen LogP contribution in [0.4, 0.5) is 0 Å². The molecule has 0 spiro atoms. The predicted octanol–water partition coefficient (Wildman–Crippen LogP) is 2.18. The third-order valence-electron chi connectivity index (χ3n) is 4.34. The number of halogens is 2. The van der Waals surface area contributed by atoms with Gasteiger partial charge in [0.1, 0.15) is 0 Å². The molecule has 1 fully saturated rings. The van der Waals surface area contributed by atoms with Gasteiger partial charge in [-0.2, -0.15) is 0 Å². The number of nitrogens with one attached hydrogen (secondary N) is 2. The van der Waals surface area contributed by atoms with E-state index in [1.807, 2.05) is 14.0 Å². The van der Waals surface area contributed by atoms with Crippen molar-refractivity contribution in [3.8, 4) is 0 Å². The molecule has 1 aromatic rings. The zero-order valence-corrected chi connectivity index (χ0v) is 16.9. The Kier molecular flexibility index (Phi) is 12.1. The molecule has 1 heterocycles. The molecular weight excluding hydrogens is 361 g/mol. The van der Waals surface area contributed by atoms with E-state index in [0.717, 1.165) is 26.3 Å². The predicted molar refractivity (Wildman–Crippen MR) is 107 cm³/mol. The van der Waals surface area contributed by atoms with Crippen molar-refractivity contribution in [3.63, 3.8) is 0 Å². The summed E-state index contributed by atoms with van der Waals surface area (Å²) in [5.74, 6) is 0.0770. The van der Waals surface area contributed by atoms with Gasteiger partial charge in [0.25, 0.3) is 0 Å². The maximum atomic E-state index is 12.2. The molecule has 25 heavy (non-hydrogen) atoms. The maximum absolute atomic E-state index is 12.2. The lowest BCUT2D eigenvalue weighted by atomic mass is 10.0. The summed E-state index contributed by atoms with van der Waals surface area (Å²) in [4.78, 5) is 14.6. The first-order chi connectivity index (χ1) is 11.1. The third kappa shape index (κ3) is 7.50. The molecule has 1 aromatic carbocycles. The van der Waals surface area contributed by atoms with Crippen molar-refractivity contribution < 1.29 is 9.53 Å². The molecule has 0 bridgehead atoms. The largest absolute Gasteiger partial charge is 0.379 e. The minimum Gasteiger partial charge on any atom is -0.379 e. The SMILES string of the molecule is CNCC(C)C(=O)NCC(c1cccc(C)c1)N1CCOCC1.Cl.Cl. The van der Waals surface area contributed by atoms with Crippen molar-refractivity contribution in [3.05, 3.63) is 35.4 Å². The Bertz CT molecular complexity index is 511. The molecule has 0 saturated carbocycles. The van der Waals surface area contributed by atoms with Crippen LogP contribution in [0.3, 0.4) is 0 Å². The smallest absolute Gasteiger partial charge is 0.224 e. The Morgan fingerprint density at radius 2 is 1.92 bits per heavy atom. The van der Waals surface area contributed by atoms with Gasteiger partial charge >= 0.3 is 0 Å². The van der Waals surface area contributed by atoms with E-state index in [4.69, 9.17) is 4.74 Å². The van der Waals surface area contributed by atoms with E-state index in [1.54, 1.807) is 0 Å². The zero-order chi connectivity index (χ0) is 16.7. The topological polar surface area (TPSA) is 53.6 Å². The maximum Gasteiger partial charge on any atom is 0.224 e. The highest BCUT2D eigenvalue weighted by Crippen LogP contribution is 2.22. The molecule has 5 nitrogen and oxygen atoms in total. The number of hydrogen-bond donors (Lipinski definition) is 2. The summed E-state index contributed by atoms with van der Waals surface area (Å²) in [7, 11) is 1.87. The minimum atomic E-state index is -0.0251. The number of rotatable bonds is 7. The number of carbonyl (C=O) groups is 1. The normalized spacial score (nSPS) is 16.9. The van der Waals surface area contributed by atoms with Crippen LogP contribution in [0.2, 0.25) is 0 Å². The Morgan fingerprint density at radius 1 is 1.24 bits per heavy atom. The van der Waals surface area contributed by atoms with Crippen LogP contribution in [0, 0.1) is 12.8 Å². The van der Waals surface area contributed by atoms with Crippen molar-refractivity contribution >= 4 is 30.7 Å². The molecule has 1 saturated heterocycles. The summed E-state index contributed by atoms with van der Waals surface area (Å²) < 4.78 is 5.47. The number of morpholine rings is 1. The van der Waals surface area contributed by atoms with Gasteiger partial charge in [-0.15, -0.1) is 24.8 Å². The second-order valence-electron chi connectivity index (χ2n) is 6.28. The molecule has 1 amide bonds. The summed E-state index contributed by atoms with van der Waals surface area (Å²) in [6.45, 7) is 8.70. The third-order valence-corrected chi connectivity index (χ3v) is 4.34. The highest BCUT2D eigenvalue weighted by Gasteiger charge is 2.24. The lowest BCUT2D eigenvalue weighted by Crippen LogP contribution is -2.45. The number of hydrogen-bond acceptors (Lipinski definition) is 4. The quantitative estimate of drug-likeness (QED) is 0.747. The van der Waals surface area contributed by atoms with Crippen LogP contribution in [-0.2, 0) is 9.53 Å². The van der Waals surface area contributed by atoms with Gasteiger partial charge in [0.2, 0.25) is 5.91 Å². The van der Waals surface area contributed by atoms with Crippen LogP contribution in [0.15, 0.2) is 24.3 Å². The molecule has 1 aliphatic rings. The van der Waals surface area contributed by atoms with E-state index >= 15 is 0 Å². The minimum absolute atomic E-state index is 0. The summed E-state index contributed by atoms with van der Waals surface area (Å²) in [6, 6.07) is 8.75. The molecule has 0 radical (unpaired) electrons. The van der Waals surface area contributed by atoms with Crippen molar-refractivity contribution in [2.75, 3.05) is 46.4 Å². The molecule has 0 aliphatic carbocycles. The van der Waals surface area contributed by atoms with Crippen molar-refractivity contribution in [1.82, 2.24) is 15.5 Å². The Labute approximate surface area is 163 Å². The van der Waals surface area contributed by atoms with E-state index in [-0.39, 0.29) is 42.7 Å². The molecule has 144 valence electrons. The fraction of sp³-hybridized carbons (Fsp3) is 0.611. The average Bonchev–Trinajstić information content (AvgIpc) is 2.56. The summed E-state index contributed by atoms with van der Waals surface area (Å²) in [5.41, 5.74) is 2.50. The van der Waals surface area contributed by atoms with Gasteiger partial charge in [0.05, 0.1) is 19.3 Å². The first-order valence-electron chi connectivity index (χ1n) is 8.42. The monoisotopic (exact) mass is 391 g/mol. The summed E-state index contributed by atoms with van der Waals surface area (Å²) >= 11 is 0. The van der Waals surface area contributed by atoms with Crippen LogP contribution >= 0.6 is 24.8 Å². The van der Waals surface area contributed by atoms with Gasteiger partial charge in [-0.25, -0.2) is 0 Å². The number of aryl methyl sites for hydroxylation is 1. The Morgan fingerprint density at radius 3 is 2.52 bits per heavy atom. The second-order valence-corrected chi connectivity index (χ2v) is 6.28. The zero-order valence-electron chi connectivity index (χ0n) is 15.3. The summed E-state index contributed by atoms with van der Waals surface area (Å²) in [6.07, 6.45) is 0. The van der Waals surface area contributed by atoms with Crippen LogP contribution < -0.4 is 10.6 Å². The molecule has 7 heteroatoms. The van der Waals surface area contributed by atoms with Crippen molar-refractivity contribution in [2.24, 2.45) is 5.92 Å². The molecular formula is C18H31Cl2N3O2. The number of nitrogens with zero attached hydrogens (tertiary/aromatic N) is 1. The first-order valence-corrected chi connectivity index (χ1v) is 8.42. The van der Waals surface area contributed by atoms with Gasteiger partial charge in [-0.3, -0.25) is 9.69 Å². The van der Waals surface area contributed by atoms with Gasteiger partial charge in [-0.1, -0.05) is 36.8 Å². The Hall–Kier alpha value is -0.850. The Balaban J connectivity index is 0.00000288. The van der Waals surface area contributed by atoms with E-state index < -0.39 is 0 Å². The fourth-order valence-corrected chi connectivity index (χ4v) is 2.99. The number of amides is 1. The van der Waals surface area contributed by atoms with Crippen molar-refractivity contribution in [1.29, 1.82) is 0 Å². The number of benzene rings is 1. The van der Waals surface area contributed by atoms with Crippen LogP contribution in [0.5, 0.6) is 0 Å². The number of carbonyl (C=O) groups excluding carboxylic acids is 1. The highest BCUT2D eigenvalue weighted by molar-refractivity contribution is 5.85. The highest BCUT2D eigenvalue weighted by atomic mass is 35.5. The number of ether oxygens (including phenoxy) is 1. The van der Waals surface area contributed by atoms with E-state index in [1.165, 1.54) is 11.1 Å². The second kappa shape index (κ2) is 12.5. The average molecular weight is 392 g/mol. The summed E-state index contributed by atoms with van der Waals surface area (Å²) in [5, 5.41) is 6.17. The molecule has 2 rings (SSSR count). The molecule has 1 aliphatic heterocycles. The van der Waals surface area contributed by atoms with Gasteiger partial charge in [0, 0.05) is 32.1 Å². The first kappa shape index (κ1) is 24.1. The van der Waals surface area contributed by atoms with Gasteiger partial charge in [0.15, 0.2) is 0 Å². The van der Waals surface area contributed by atoms with Crippen LogP contribution in [0.1, 0.15) is 24.1 Å². The lowest BCUT2D eigenvalue weighted by Gasteiger charge is -2.35. The van der Waals surface area contributed by atoms with Gasteiger partial charge in [-0.05, 0) is 19.5 Å². The lowest BCUT2D eigenvalue weighted by molar-refractivity contribution is -0.124. The molecule has 2 N–H and O–H groups in total. The molecule has 2 atom stereocenters. The standard InChI is InChI=1S/C18H29N3O2.2ClH/c1-14-5-4-6-16(11-14)17(21-7-9-23-10-8-21)13-20-18(22)15(2)12-19-3;;/h4-6,11,15,17,19H,7-10,12-13H2,1-3H3,(H,20,22);2*1H. The fourth-order valence-electron chi connectivity index (χ4n) is 2.99. The van der Waals surface area contributed by atoms with Crippen molar-refractivity contribution in [2.45, 2.75) is 19.9 Å². The molecule has 2 unspecified atom stereocenters. The van der Waals surface area contributed by atoms with Gasteiger partial charge < -0.3 is 15.4 Å². The van der Waals surface area contributed by atoms with E-state index in [2.05, 4.69) is 46.7 Å². The van der Waals surface area contributed by atoms with E-state index in [9.17, 15) is 4.79 Å². The molecule has 0 aromatic heterocycles.